The van der Waals surface area contributed by atoms with Gasteiger partial charge in [-0.15, -0.1) is 0 Å². The Bertz CT molecular complexity index is 1230. The molecule has 0 bridgehead atoms. The standard InChI is InChI=1S/C24H24N2O5S/c1-3-30-21-10-6-4-8-19(21)25-24(27)23-16-26(20-9-5-7-11-22(20)31-23)32(28,29)18-14-12-17(2)13-15-18/h4-15,23H,3,16H2,1-2H3,(H,25,27). The smallest absolute Gasteiger partial charge is 0.267 e. The Labute approximate surface area is 187 Å². The molecule has 7 nitrogen and oxygen atoms in total. The molecular weight excluding hydrogens is 428 g/mol. The summed E-state index contributed by atoms with van der Waals surface area (Å²) >= 11 is 0. The summed E-state index contributed by atoms with van der Waals surface area (Å²) in [5.74, 6) is 0.395. The van der Waals surface area contributed by atoms with Gasteiger partial charge in [-0.05, 0) is 50.2 Å². The zero-order valence-corrected chi connectivity index (χ0v) is 18.6. The third-order valence-corrected chi connectivity index (χ3v) is 6.87. The third kappa shape index (κ3) is 4.27. The maximum atomic E-state index is 13.4. The molecule has 0 aliphatic carbocycles. The normalized spacial score (nSPS) is 15.4. The summed E-state index contributed by atoms with van der Waals surface area (Å²) in [6.07, 6.45) is -1.04. The number of fused-ring (bicyclic) bond motifs is 1. The largest absolute Gasteiger partial charge is 0.492 e. The van der Waals surface area contributed by atoms with Crippen LogP contribution in [0.2, 0.25) is 0 Å². The van der Waals surface area contributed by atoms with E-state index in [4.69, 9.17) is 9.47 Å². The second kappa shape index (κ2) is 8.92. The summed E-state index contributed by atoms with van der Waals surface area (Å²) < 4.78 is 39.6. The summed E-state index contributed by atoms with van der Waals surface area (Å²) in [5, 5.41) is 2.80. The number of aryl methyl sites for hydroxylation is 1. The molecule has 0 saturated carbocycles. The van der Waals surface area contributed by atoms with Gasteiger partial charge in [0.15, 0.2) is 6.10 Å². The quantitative estimate of drug-likeness (QED) is 0.611. The highest BCUT2D eigenvalue weighted by atomic mass is 32.2. The number of carbonyl (C=O) groups excluding carboxylic acids is 1. The number of rotatable bonds is 6. The van der Waals surface area contributed by atoms with Crippen LogP contribution in [0, 0.1) is 6.92 Å². The van der Waals surface area contributed by atoms with E-state index >= 15 is 0 Å². The average molecular weight is 453 g/mol. The zero-order valence-electron chi connectivity index (χ0n) is 17.8. The number of nitrogens with zero attached hydrogens (tertiary/aromatic N) is 1. The number of hydrogen-bond acceptors (Lipinski definition) is 5. The number of anilines is 2. The molecule has 1 heterocycles. The molecule has 8 heteroatoms. The topological polar surface area (TPSA) is 84.9 Å². The van der Waals surface area contributed by atoms with Gasteiger partial charge in [0.05, 0.1) is 29.4 Å². The molecular formula is C24H24N2O5S. The molecule has 3 aromatic carbocycles. The van der Waals surface area contributed by atoms with Gasteiger partial charge in [-0.2, -0.15) is 0 Å². The Morgan fingerprint density at radius 1 is 1.06 bits per heavy atom. The van der Waals surface area contributed by atoms with E-state index in [0.29, 0.717) is 29.5 Å². The lowest BCUT2D eigenvalue weighted by Crippen LogP contribution is -2.48. The van der Waals surface area contributed by atoms with Crippen LogP contribution in [0.4, 0.5) is 11.4 Å². The molecule has 1 atom stereocenters. The molecule has 0 aromatic heterocycles. The summed E-state index contributed by atoms with van der Waals surface area (Å²) in [5.41, 5.74) is 1.85. The lowest BCUT2D eigenvalue weighted by molar-refractivity contribution is -0.122. The Hall–Kier alpha value is -3.52. The minimum Gasteiger partial charge on any atom is -0.492 e. The predicted octanol–water partition coefficient (Wildman–Crippen LogP) is 3.99. The summed E-state index contributed by atoms with van der Waals surface area (Å²) in [6.45, 7) is 4.03. The number of benzene rings is 3. The van der Waals surface area contributed by atoms with Crippen LogP contribution >= 0.6 is 0 Å². The molecule has 1 N–H and O–H groups in total. The van der Waals surface area contributed by atoms with E-state index in [1.807, 2.05) is 19.9 Å². The van der Waals surface area contributed by atoms with Crippen molar-refractivity contribution in [2.45, 2.75) is 24.8 Å². The summed E-state index contributed by atoms with van der Waals surface area (Å²) in [4.78, 5) is 13.2. The zero-order chi connectivity index (χ0) is 22.7. The Morgan fingerprint density at radius 2 is 1.75 bits per heavy atom. The molecule has 0 radical (unpaired) electrons. The third-order valence-electron chi connectivity index (χ3n) is 5.08. The van der Waals surface area contributed by atoms with Crippen molar-refractivity contribution in [1.82, 2.24) is 0 Å². The minimum atomic E-state index is -3.90. The summed E-state index contributed by atoms with van der Waals surface area (Å²) in [7, 11) is -3.90. The van der Waals surface area contributed by atoms with Crippen LogP contribution in [-0.2, 0) is 14.8 Å². The number of amides is 1. The first-order valence-electron chi connectivity index (χ1n) is 10.3. The van der Waals surface area contributed by atoms with E-state index in [-0.39, 0.29) is 11.4 Å². The van der Waals surface area contributed by atoms with E-state index in [1.165, 1.54) is 4.31 Å². The van der Waals surface area contributed by atoms with Crippen LogP contribution in [0.25, 0.3) is 0 Å². The highest BCUT2D eigenvalue weighted by Gasteiger charge is 2.37. The van der Waals surface area contributed by atoms with Crippen LogP contribution < -0.4 is 19.1 Å². The van der Waals surface area contributed by atoms with E-state index in [2.05, 4.69) is 5.32 Å². The molecule has 0 spiro atoms. The maximum absolute atomic E-state index is 13.4. The van der Waals surface area contributed by atoms with E-state index in [9.17, 15) is 13.2 Å². The maximum Gasteiger partial charge on any atom is 0.267 e. The van der Waals surface area contributed by atoms with E-state index in [1.54, 1.807) is 66.7 Å². The first kappa shape index (κ1) is 21.7. The number of nitrogens with one attached hydrogen (secondary N) is 1. The van der Waals surface area contributed by atoms with Crippen LogP contribution in [0.3, 0.4) is 0 Å². The molecule has 166 valence electrons. The highest BCUT2D eigenvalue weighted by Crippen LogP contribution is 2.37. The van der Waals surface area contributed by atoms with Crippen LogP contribution in [-0.4, -0.2) is 33.6 Å². The molecule has 1 aliphatic rings. The fraction of sp³-hybridized carbons (Fsp3) is 0.208. The van der Waals surface area contributed by atoms with E-state index < -0.39 is 22.0 Å². The number of para-hydroxylation sites is 4. The van der Waals surface area contributed by atoms with Crippen molar-refractivity contribution in [3.63, 3.8) is 0 Å². The molecule has 0 saturated heterocycles. The minimum absolute atomic E-state index is 0.153. The number of sulfonamides is 1. The second-order valence-corrected chi connectivity index (χ2v) is 9.20. The first-order valence-corrected chi connectivity index (χ1v) is 11.7. The molecule has 32 heavy (non-hydrogen) atoms. The van der Waals surface area contributed by atoms with Gasteiger partial charge in [-0.25, -0.2) is 8.42 Å². The van der Waals surface area contributed by atoms with Gasteiger partial charge in [-0.3, -0.25) is 9.10 Å². The average Bonchev–Trinajstić information content (AvgIpc) is 2.80. The van der Waals surface area contributed by atoms with Crippen molar-refractivity contribution >= 4 is 27.3 Å². The van der Waals surface area contributed by atoms with Gasteiger partial charge in [0.25, 0.3) is 15.9 Å². The van der Waals surface area contributed by atoms with Crippen molar-refractivity contribution in [3.8, 4) is 11.5 Å². The molecule has 4 rings (SSSR count). The summed E-state index contributed by atoms with van der Waals surface area (Å²) in [6, 6.07) is 20.5. The fourth-order valence-electron chi connectivity index (χ4n) is 3.47. The molecule has 1 aliphatic heterocycles. The Morgan fingerprint density at radius 3 is 2.50 bits per heavy atom. The fourth-order valence-corrected chi connectivity index (χ4v) is 4.94. The predicted molar refractivity (Wildman–Crippen MR) is 123 cm³/mol. The van der Waals surface area contributed by atoms with Gasteiger partial charge in [0, 0.05) is 0 Å². The van der Waals surface area contributed by atoms with Crippen LogP contribution in [0.5, 0.6) is 11.5 Å². The molecule has 1 unspecified atom stereocenters. The van der Waals surface area contributed by atoms with Gasteiger partial charge in [0.2, 0.25) is 0 Å². The Balaban J connectivity index is 1.65. The van der Waals surface area contributed by atoms with Crippen molar-refractivity contribution in [3.05, 3.63) is 78.4 Å². The van der Waals surface area contributed by atoms with E-state index in [0.717, 1.165) is 5.56 Å². The lowest BCUT2D eigenvalue weighted by atomic mass is 10.2. The molecule has 1 amide bonds. The van der Waals surface area contributed by atoms with Gasteiger partial charge in [0.1, 0.15) is 11.5 Å². The van der Waals surface area contributed by atoms with Crippen LogP contribution in [0.1, 0.15) is 12.5 Å². The van der Waals surface area contributed by atoms with Crippen molar-refractivity contribution in [2.24, 2.45) is 0 Å². The van der Waals surface area contributed by atoms with Gasteiger partial charge >= 0.3 is 0 Å². The number of ether oxygens (including phenoxy) is 2. The molecule has 3 aromatic rings. The van der Waals surface area contributed by atoms with Crippen LogP contribution in [0.15, 0.2) is 77.7 Å². The van der Waals surface area contributed by atoms with Crippen molar-refractivity contribution < 1.29 is 22.7 Å². The van der Waals surface area contributed by atoms with Gasteiger partial charge < -0.3 is 14.8 Å². The lowest BCUT2D eigenvalue weighted by Gasteiger charge is -2.34. The van der Waals surface area contributed by atoms with Crippen molar-refractivity contribution in [2.75, 3.05) is 22.8 Å². The molecule has 0 fully saturated rings. The SMILES string of the molecule is CCOc1ccccc1NC(=O)C1CN(S(=O)(=O)c2ccc(C)cc2)c2ccccc2O1. The Kier molecular flexibility index (Phi) is 6.05. The van der Waals surface area contributed by atoms with Gasteiger partial charge in [-0.1, -0.05) is 42.0 Å². The monoisotopic (exact) mass is 452 g/mol. The first-order chi connectivity index (χ1) is 15.4. The number of carbonyl (C=O) groups is 1. The second-order valence-electron chi connectivity index (χ2n) is 7.34. The number of hydrogen-bond donors (Lipinski definition) is 1. The highest BCUT2D eigenvalue weighted by molar-refractivity contribution is 7.92. The van der Waals surface area contributed by atoms with Crippen molar-refractivity contribution in [1.29, 1.82) is 0 Å².